The standard InChI is InChI=1S/C18H20N2O/c1-3-9-15(10-4-2)17-13-8-14-20(19-17)18(21)16-11-6-5-7-12-16/h3-7,9-12H,1,8,13-14H2,2H3/b10-4-,15-9+. The van der Waals surface area contributed by atoms with Gasteiger partial charge >= 0.3 is 0 Å². The van der Waals surface area contributed by atoms with Gasteiger partial charge in [-0.25, -0.2) is 5.01 Å². The number of hydrogen-bond acceptors (Lipinski definition) is 2. The van der Waals surface area contributed by atoms with Crippen molar-refractivity contribution in [3.63, 3.8) is 0 Å². The molecule has 0 aliphatic carbocycles. The highest BCUT2D eigenvalue weighted by atomic mass is 16.2. The summed E-state index contributed by atoms with van der Waals surface area (Å²) in [5.41, 5.74) is 2.62. The van der Waals surface area contributed by atoms with Gasteiger partial charge < -0.3 is 0 Å². The van der Waals surface area contributed by atoms with Crippen LogP contribution in [0.3, 0.4) is 0 Å². The fourth-order valence-corrected chi connectivity index (χ4v) is 2.28. The van der Waals surface area contributed by atoms with Gasteiger partial charge in [0.15, 0.2) is 0 Å². The summed E-state index contributed by atoms with van der Waals surface area (Å²) in [4.78, 5) is 12.4. The second kappa shape index (κ2) is 7.39. The van der Waals surface area contributed by atoms with Gasteiger partial charge in [-0.1, -0.05) is 49.1 Å². The van der Waals surface area contributed by atoms with Crippen molar-refractivity contribution in [2.45, 2.75) is 19.8 Å². The molecule has 108 valence electrons. The lowest BCUT2D eigenvalue weighted by Gasteiger charge is -2.24. The molecule has 0 aromatic heterocycles. The van der Waals surface area contributed by atoms with Gasteiger partial charge in [-0.05, 0) is 37.5 Å². The second-order valence-electron chi connectivity index (χ2n) is 4.80. The van der Waals surface area contributed by atoms with Gasteiger partial charge in [0, 0.05) is 12.1 Å². The number of hydrazone groups is 1. The summed E-state index contributed by atoms with van der Waals surface area (Å²) in [6, 6.07) is 9.27. The topological polar surface area (TPSA) is 32.7 Å². The largest absolute Gasteiger partial charge is 0.273 e. The van der Waals surface area contributed by atoms with Crippen LogP contribution >= 0.6 is 0 Å². The first-order chi connectivity index (χ1) is 10.3. The Bertz CT molecular complexity index is 597. The molecule has 1 aromatic rings. The van der Waals surface area contributed by atoms with E-state index in [0.717, 1.165) is 24.1 Å². The molecule has 1 heterocycles. The van der Waals surface area contributed by atoms with Gasteiger partial charge in [0.25, 0.3) is 5.91 Å². The smallest absolute Gasteiger partial charge is 0.267 e. The number of benzene rings is 1. The number of allylic oxidation sites excluding steroid dienone is 5. The minimum Gasteiger partial charge on any atom is -0.267 e. The molecular formula is C18H20N2O. The fourth-order valence-electron chi connectivity index (χ4n) is 2.28. The van der Waals surface area contributed by atoms with Crippen molar-refractivity contribution < 1.29 is 4.79 Å². The number of carbonyl (C=O) groups is 1. The van der Waals surface area contributed by atoms with E-state index in [2.05, 4.69) is 11.7 Å². The van der Waals surface area contributed by atoms with Gasteiger partial charge in [-0.2, -0.15) is 5.10 Å². The Labute approximate surface area is 126 Å². The molecule has 0 N–H and O–H groups in total. The molecule has 21 heavy (non-hydrogen) atoms. The molecule has 1 amide bonds. The van der Waals surface area contributed by atoms with Crippen LogP contribution in [0, 0.1) is 0 Å². The van der Waals surface area contributed by atoms with Gasteiger partial charge in [-0.3, -0.25) is 4.79 Å². The molecule has 2 rings (SSSR count). The number of amides is 1. The van der Waals surface area contributed by atoms with E-state index in [9.17, 15) is 4.79 Å². The average Bonchev–Trinajstić information content (AvgIpc) is 2.55. The SMILES string of the molecule is C=C/C=C(\C=C/C)C1=NN(C(=O)c2ccccc2)CCC1. The maximum absolute atomic E-state index is 12.4. The third-order valence-corrected chi connectivity index (χ3v) is 3.26. The first kappa shape index (κ1) is 15.0. The Morgan fingerprint density at radius 1 is 1.33 bits per heavy atom. The summed E-state index contributed by atoms with van der Waals surface area (Å²) < 4.78 is 0. The minimum atomic E-state index is -0.0498. The predicted octanol–water partition coefficient (Wildman–Crippen LogP) is 3.97. The Hall–Kier alpha value is -2.42. The number of carbonyl (C=O) groups excluding carboxylic acids is 1. The lowest BCUT2D eigenvalue weighted by atomic mass is 10.0. The molecule has 1 aromatic carbocycles. The zero-order valence-corrected chi connectivity index (χ0v) is 12.3. The molecule has 3 heteroatoms. The van der Waals surface area contributed by atoms with E-state index >= 15 is 0 Å². The molecule has 0 spiro atoms. The van der Waals surface area contributed by atoms with Crippen molar-refractivity contribution in [2.24, 2.45) is 5.10 Å². The molecule has 0 fully saturated rings. The minimum absolute atomic E-state index is 0.0498. The Kier molecular flexibility index (Phi) is 5.27. The van der Waals surface area contributed by atoms with Crippen LogP contribution in [0.1, 0.15) is 30.1 Å². The predicted molar refractivity (Wildman–Crippen MR) is 87.2 cm³/mol. The monoisotopic (exact) mass is 280 g/mol. The first-order valence-electron chi connectivity index (χ1n) is 7.16. The van der Waals surface area contributed by atoms with E-state index in [1.165, 1.54) is 0 Å². The lowest BCUT2D eigenvalue weighted by Crippen LogP contribution is -2.32. The van der Waals surface area contributed by atoms with Crippen molar-refractivity contribution in [1.29, 1.82) is 0 Å². The van der Waals surface area contributed by atoms with Crippen LogP contribution in [0.2, 0.25) is 0 Å². The van der Waals surface area contributed by atoms with E-state index in [1.807, 2.05) is 55.5 Å². The summed E-state index contributed by atoms with van der Waals surface area (Å²) >= 11 is 0. The van der Waals surface area contributed by atoms with Gasteiger partial charge in [0.1, 0.15) is 0 Å². The molecule has 0 bridgehead atoms. The summed E-state index contributed by atoms with van der Waals surface area (Å²) in [6.07, 6.45) is 9.43. The van der Waals surface area contributed by atoms with Crippen LogP contribution in [0.15, 0.2) is 71.9 Å². The van der Waals surface area contributed by atoms with E-state index in [-0.39, 0.29) is 5.91 Å². The number of nitrogens with zero attached hydrogens (tertiary/aromatic N) is 2. The molecule has 1 aliphatic heterocycles. The quantitative estimate of drug-likeness (QED) is 0.768. The molecular weight excluding hydrogens is 260 g/mol. The lowest BCUT2D eigenvalue weighted by molar-refractivity contribution is 0.0751. The van der Waals surface area contributed by atoms with Crippen LogP contribution in [0.4, 0.5) is 0 Å². The third-order valence-electron chi connectivity index (χ3n) is 3.26. The van der Waals surface area contributed by atoms with Gasteiger partial charge in [-0.15, -0.1) is 0 Å². The highest BCUT2D eigenvalue weighted by Crippen LogP contribution is 2.17. The normalized spacial score (nSPS) is 16.0. The second-order valence-corrected chi connectivity index (χ2v) is 4.80. The third kappa shape index (κ3) is 3.78. The highest BCUT2D eigenvalue weighted by Gasteiger charge is 2.20. The van der Waals surface area contributed by atoms with E-state index in [0.29, 0.717) is 12.1 Å². The van der Waals surface area contributed by atoms with Crippen LogP contribution in [0.25, 0.3) is 0 Å². The van der Waals surface area contributed by atoms with Gasteiger partial charge in [0.05, 0.1) is 5.71 Å². The van der Waals surface area contributed by atoms with Crippen LogP contribution in [-0.2, 0) is 0 Å². The van der Waals surface area contributed by atoms with Crippen molar-refractivity contribution in [3.8, 4) is 0 Å². The summed E-state index contributed by atoms with van der Waals surface area (Å²) in [7, 11) is 0. The maximum atomic E-state index is 12.4. The zero-order chi connectivity index (χ0) is 15.1. The van der Waals surface area contributed by atoms with Crippen molar-refractivity contribution in [1.82, 2.24) is 5.01 Å². The van der Waals surface area contributed by atoms with Crippen molar-refractivity contribution >= 4 is 11.6 Å². The van der Waals surface area contributed by atoms with Crippen LogP contribution in [0.5, 0.6) is 0 Å². The fraction of sp³-hybridized carbons (Fsp3) is 0.222. The molecule has 0 radical (unpaired) electrons. The molecule has 1 aliphatic rings. The van der Waals surface area contributed by atoms with Crippen LogP contribution in [-0.4, -0.2) is 23.2 Å². The highest BCUT2D eigenvalue weighted by molar-refractivity contribution is 6.04. The van der Waals surface area contributed by atoms with Crippen molar-refractivity contribution in [3.05, 3.63) is 72.4 Å². The van der Waals surface area contributed by atoms with E-state index in [4.69, 9.17) is 0 Å². The number of rotatable bonds is 4. The van der Waals surface area contributed by atoms with Crippen molar-refractivity contribution in [2.75, 3.05) is 6.54 Å². The summed E-state index contributed by atoms with van der Waals surface area (Å²) in [5.74, 6) is -0.0498. The Morgan fingerprint density at radius 2 is 2.10 bits per heavy atom. The molecule has 0 atom stereocenters. The first-order valence-corrected chi connectivity index (χ1v) is 7.16. The molecule has 3 nitrogen and oxygen atoms in total. The molecule has 0 unspecified atom stereocenters. The Balaban J connectivity index is 2.26. The zero-order valence-electron chi connectivity index (χ0n) is 12.3. The number of hydrogen-bond donors (Lipinski definition) is 0. The van der Waals surface area contributed by atoms with Crippen LogP contribution < -0.4 is 0 Å². The maximum Gasteiger partial charge on any atom is 0.273 e. The van der Waals surface area contributed by atoms with E-state index < -0.39 is 0 Å². The Morgan fingerprint density at radius 3 is 2.76 bits per heavy atom. The molecule has 0 saturated heterocycles. The summed E-state index contributed by atoms with van der Waals surface area (Å²) in [6.45, 7) is 6.36. The van der Waals surface area contributed by atoms with E-state index in [1.54, 1.807) is 11.1 Å². The average molecular weight is 280 g/mol. The summed E-state index contributed by atoms with van der Waals surface area (Å²) in [5, 5.41) is 6.09. The molecule has 0 saturated carbocycles. The van der Waals surface area contributed by atoms with Gasteiger partial charge in [0.2, 0.25) is 0 Å².